The second kappa shape index (κ2) is 36.8. The van der Waals surface area contributed by atoms with Gasteiger partial charge in [-0.3, -0.25) is 9.18 Å². The number of carbonyl (C=O) groups excluding carboxylic acids is 4. The van der Waals surface area contributed by atoms with Crippen molar-refractivity contribution in [1.82, 2.24) is 35.2 Å². The van der Waals surface area contributed by atoms with E-state index in [4.69, 9.17) is 45.6 Å². The van der Waals surface area contributed by atoms with Gasteiger partial charge in [-0.2, -0.15) is 0 Å². The summed E-state index contributed by atoms with van der Waals surface area (Å²) in [7, 11) is 3.12. The molecule has 0 bridgehead atoms. The van der Waals surface area contributed by atoms with E-state index in [-0.39, 0.29) is 129 Å². The van der Waals surface area contributed by atoms with Crippen LogP contribution >= 0.6 is 15.9 Å². The molecule has 444 valence electrons. The molecule has 2 unspecified atom stereocenters. The number of halogens is 2. The van der Waals surface area contributed by atoms with Crippen molar-refractivity contribution >= 4 is 85.0 Å². The number of esters is 3. The summed E-state index contributed by atoms with van der Waals surface area (Å²) in [5, 5.41) is 11.8. The number of anilines is 2. The standard InChI is InChI=1S/2C21H21N3O2.C16H11BrN2O2.C5H11N.CH3F.CH2O3.2K.H/c2*1-14-7-6-12-24(14)20-19(15-8-4-3-5-9-15)22-17-11-10-16(21(25)26-2)13-18(17)23-20;1-21-16(20)11-7-8-12-13(9-11)19-15(17)14(18-12)10-5-3-2-4-6-10;1-5-3-2-4-6-5;1-2;2-1-4-3;;;/h2*3-5,8-11,13-14H,6-7,12H2,1-2H3;2-9H,1H3;5-6H,2-4H2,1H3;1H3;1,3H;;;/q;;;;;;2*+1;-1/p-1/t14-;;;;;;;;/m1......../s1/i;;;;1D;;;;. The molecule has 3 aliphatic rings. The minimum atomic E-state index is -1.00. The van der Waals surface area contributed by atoms with Gasteiger partial charge in [0.1, 0.15) is 21.7 Å². The fourth-order valence-corrected chi connectivity index (χ4v) is 10.5. The van der Waals surface area contributed by atoms with Gasteiger partial charge in [0.2, 0.25) is 0 Å². The van der Waals surface area contributed by atoms with Crippen LogP contribution in [0.1, 0.15) is 93.2 Å². The second-order valence-electron chi connectivity index (χ2n) is 19.9. The molecule has 1 N–H and O–H groups in total. The zero-order chi connectivity index (χ0) is 61.5. The molecule has 0 radical (unpaired) electrons. The molecule has 3 atom stereocenters. The molecule has 3 fully saturated rings. The Labute approximate surface area is 602 Å². The van der Waals surface area contributed by atoms with Crippen LogP contribution in [0.4, 0.5) is 16.0 Å². The second-order valence-corrected chi connectivity index (χ2v) is 20.6. The van der Waals surface area contributed by atoms with Gasteiger partial charge in [0.15, 0.2) is 11.6 Å². The molecule has 0 aliphatic carbocycles. The molecular weight excluding hydrogens is 1230 g/mol. The first-order chi connectivity index (χ1) is 41.7. The van der Waals surface area contributed by atoms with Crippen molar-refractivity contribution in [3.05, 3.63) is 167 Å². The van der Waals surface area contributed by atoms with Gasteiger partial charge in [-0.15, -0.1) is 0 Å². The van der Waals surface area contributed by atoms with Crippen LogP contribution in [0.25, 0.3) is 66.9 Å². The summed E-state index contributed by atoms with van der Waals surface area (Å²) in [6.45, 7) is 9.67. The molecule has 3 aliphatic heterocycles. The first-order valence-corrected chi connectivity index (χ1v) is 28.4. The number of rotatable bonds is 9. The Hall–Kier alpha value is -5.58. The summed E-state index contributed by atoms with van der Waals surface area (Å²) in [6, 6.07) is 47.5. The van der Waals surface area contributed by atoms with E-state index in [9.17, 15) is 18.8 Å². The van der Waals surface area contributed by atoms with E-state index in [0.29, 0.717) is 49.9 Å². The predicted molar refractivity (Wildman–Crippen MR) is 331 cm³/mol. The van der Waals surface area contributed by atoms with Crippen LogP contribution in [0.3, 0.4) is 0 Å². The maximum Gasteiger partial charge on any atom is 1.00 e. The number of hydrogen-bond donors (Lipinski definition) is 1. The van der Waals surface area contributed by atoms with Crippen molar-refractivity contribution in [3.63, 3.8) is 0 Å². The first-order valence-electron chi connectivity index (χ1n) is 28.3. The van der Waals surface area contributed by atoms with Crippen LogP contribution in [-0.4, -0.2) is 121 Å². The normalized spacial score (nSPS) is 15.5. The Morgan fingerprint density at radius 3 is 1.20 bits per heavy atom. The van der Waals surface area contributed by atoms with Gasteiger partial charge in [-0.05, 0) is 136 Å². The van der Waals surface area contributed by atoms with Crippen LogP contribution in [0.15, 0.2) is 150 Å². The number of nitrogens with one attached hydrogen (secondary N) is 1. The summed E-state index contributed by atoms with van der Waals surface area (Å²) in [5.74, 6) is 0.655. The van der Waals surface area contributed by atoms with E-state index in [1.807, 2.05) is 78.9 Å². The van der Waals surface area contributed by atoms with Gasteiger partial charge >= 0.3 is 121 Å². The number of hydrogen-bond acceptors (Lipinski definition) is 18. The van der Waals surface area contributed by atoms with Crippen LogP contribution in [0.5, 0.6) is 0 Å². The summed E-state index contributed by atoms with van der Waals surface area (Å²) in [6.07, 6.45) is 7.35. The molecule has 87 heavy (non-hydrogen) atoms. The van der Waals surface area contributed by atoms with Gasteiger partial charge < -0.3 is 40.9 Å². The molecule has 0 saturated carbocycles. The third kappa shape index (κ3) is 19.5. The van der Waals surface area contributed by atoms with Crippen LogP contribution in [0, 0.1) is 0 Å². The molecule has 0 spiro atoms. The van der Waals surface area contributed by atoms with E-state index in [0.717, 1.165) is 107 Å². The SMILES string of the molecule is CC1CCCN1.COC(=O)c1ccc2nc(-c3ccccc3)c(Br)nc2c1.COC(=O)c1ccc2nc(-c3ccccc3)c(N3CCCC3C)nc2c1.COC(=O)c1ccc2nc(-c3ccccc3)c(N3CCC[C@H]3C)nc2c1.O=CO[O-].[2H]CF.[H-].[K+].[K+]. The quantitative estimate of drug-likeness (QED) is 0.0444. The van der Waals surface area contributed by atoms with Gasteiger partial charge in [-0.25, -0.2) is 44.3 Å². The van der Waals surface area contributed by atoms with E-state index >= 15 is 0 Å². The monoisotopic (exact) mass is 1300 g/mol. The number of carbonyl (C=O) groups is 4. The van der Waals surface area contributed by atoms with Gasteiger partial charge in [0.25, 0.3) is 6.47 Å². The van der Waals surface area contributed by atoms with Crippen LogP contribution in [0.2, 0.25) is 0 Å². The number of alkyl halides is 1. The van der Waals surface area contributed by atoms with E-state index in [1.165, 1.54) is 40.7 Å². The fourth-order valence-electron chi connectivity index (χ4n) is 9.97. The number of benzene rings is 6. The number of ether oxygens (including phenoxy) is 3. The maximum atomic E-state index is 11.9. The van der Waals surface area contributed by atoms with Crippen molar-refractivity contribution in [1.29, 1.82) is 0 Å². The molecule has 3 saturated heterocycles. The van der Waals surface area contributed by atoms with E-state index in [2.05, 4.69) is 90.9 Å². The summed E-state index contributed by atoms with van der Waals surface area (Å²) in [5.41, 5.74) is 11.4. The molecule has 6 aromatic carbocycles. The largest absolute Gasteiger partial charge is 1.00 e. The molecule has 12 rings (SSSR count). The van der Waals surface area contributed by atoms with Crippen molar-refractivity contribution in [2.45, 2.75) is 77.4 Å². The van der Waals surface area contributed by atoms with Crippen molar-refractivity contribution in [3.8, 4) is 33.8 Å². The Morgan fingerprint density at radius 2 is 0.908 bits per heavy atom. The number of aromatic nitrogens is 6. The third-order valence-corrected chi connectivity index (χ3v) is 14.9. The van der Waals surface area contributed by atoms with Crippen LogP contribution in [-0.2, 0) is 23.9 Å². The Balaban J connectivity index is 0.000000256. The van der Waals surface area contributed by atoms with E-state index < -0.39 is 7.15 Å². The first kappa shape index (κ1) is 70.5. The van der Waals surface area contributed by atoms with Crippen molar-refractivity contribution < 1.29 is 153 Å². The summed E-state index contributed by atoms with van der Waals surface area (Å²) >= 11 is 3.44. The molecular formula is C65H69BrFK2N9O9. The third-order valence-electron chi connectivity index (χ3n) is 14.3. The zero-order valence-corrected chi connectivity index (χ0v) is 58.1. The number of fused-ring (bicyclic) bond motifs is 3. The summed E-state index contributed by atoms with van der Waals surface area (Å²) in [4.78, 5) is 79.9. The number of methoxy groups -OCH3 is 3. The average molecular weight is 1300 g/mol. The number of nitrogens with zero attached hydrogens (tertiary/aromatic N) is 8. The average Bonchev–Trinajstić information content (AvgIpc) is 3.13. The minimum absolute atomic E-state index is 0. The van der Waals surface area contributed by atoms with Crippen LogP contribution < -0.4 is 123 Å². The molecule has 18 nitrogen and oxygen atoms in total. The maximum absolute atomic E-state index is 11.9. The zero-order valence-electron chi connectivity index (χ0n) is 52.2. The smallest absolute Gasteiger partial charge is 1.00 e. The molecule has 3 aromatic heterocycles. The fraction of sp³-hybridized carbons (Fsp3) is 0.292. The molecule has 0 amide bonds. The summed E-state index contributed by atoms with van der Waals surface area (Å²) < 4.78 is 30.5. The van der Waals surface area contributed by atoms with E-state index in [1.54, 1.807) is 42.5 Å². The van der Waals surface area contributed by atoms with Gasteiger partial charge in [-0.1, -0.05) is 91.0 Å². The Kier molecular flexibility index (Phi) is 29.8. The molecule has 9 aromatic rings. The topological polar surface area (TPSA) is 224 Å². The molecule has 22 heteroatoms. The van der Waals surface area contributed by atoms with Gasteiger partial charge in [0, 0.05) is 47.9 Å². The Bertz CT molecular complexity index is 3570. The van der Waals surface area contributed by atoms with Gasteiger partial charge in [0.05, 0.1) is 79.6 Å². The molecule has 6 heterocycles. The van der Waals surface area contributed by atoms with Crippen molar-refractivity contribution in [2.24, 2.45) is 0 Å². The Morgan fingerprint density at radius 1 is 0.563 bits per heavy atom. The predicted octanol–water partition coefficient (Wildman–Crippen LogP) is 5.89. The minimum Gasteiger partial charge on any atom is -1.00 e. The van der Waals surface area contributed by atoms with Crippen molar-refractivity contribution in [2.75, 3.05) is 57.9 Å².